The number of hydrogen-bond acceptors (Lipinski definition) is 5. The van der Waals surface area contributed by atoms with E-state index in [2.05, 4.69) is 0 Å². The highest BCUT2D eigenvalue weighted by atomic mass is 32.2. The van der Waals surface area contributed by atoms with Crippen LogP contribution < -0.4 is 0 Å². The van der Waals surface area contributed by atoms with Gasteiger partial charge in [0, 0.05) is 5.75 Å². The molecule has 0 aliphatic carbocycles. The van der Waals surface area contributed by atoms with Gasteiger partial charge in [-0.15, -0.1) is 0 Å². The van der Waals surface area contributed by atoms with Crippen LogP contribution in [0.15, 0.2) is 0 Å². The zero-order valence-electron chi connectivity index (χ0n) is 9.35. The predicted octanol–water partition coefficient (Wildman–Crippen LogP) is -0.249. The van der Waals surface area contributed by atoms with Gasteiger partial charge in [-0.1, -0.05) is 6.92 Å². The molecule has 1 aliphatic heterocycles. The lowest BCUT2D eigenvalue weighted by molar-refractivity contribution is 0.0580. The first-order chi connectivity index (χ1) is 7.18. The molecule has 0 aromatic rings. The SMILES string of the molecule is CCS(=O)(=O)CCCC1(O)CCS(=O)(=O)C1. The van der Waals surface area contributed by atoms with Gasteiger partial charge in [0.25, 0.3) is 0 Å². The van der Waals surface area contributed by atoms with Gasteiger partial charge in [-0.25, -0.2) is 16.8 Å². The minimum Gasteiger partial charge on any atom is -0.389 e. The van der Waals surface area contributed by atoms with Crippen LogP contribution in [0.1, 0.15) is 26.2 Å². The van der Waals surface area contributed by atoms with Crippen LogP contribution in [0, 0.1) is 0 Å². The third-order valence-electron chi connectivity index (χ3n) is 2.90. The van der Waals surface area contributed by atoms with Gasteiger partial charge in [0.2, 0.25) is 0 Å². The average molecular weight is 270 g/mol. The molecule has 7 heteroatoms. The Labute approximate surface area is 96.7 Å². The maximum Gasteiger partial charge on any atom is 0.153 e. The summed E-state index contributed by atoms with van der Waals surface area (Å²) < 4.78 is 44.8. The van der Waals surface area contributed by atoms with Crippen molar-refractivity contribution < 1.29 is 21.9 Å². The Morgan fingerprint density at radius 3 is 2.44 bits per heavy atom. The maximum absolute atomic E-state index is 11.2. The molecule has 0 bridgehead atoms. The molecule has 0 aromatic carbocycles. The Morgan fingerprint density at radius 1 is 1.38 bits per heavy atom. The number of hydrogen-bond donors (Lipinski definition) is 1. The summed E-state index contributed by atoms with van der Waals surface area (Å²) in [6.45, 7) is 1.57. The molecule has 5 nitrogen and oxygen atoms in total. The van der Waals surface area contributed by atoms with Crippen molar-refractivity contribution in [3.05, 3.63) is 0 Å². The molecule has 0 spiro atoms. The predicted molar refractivity (Wildman–Crippen MR) is 61.8 cm³/mol. The lowest BCUT2D eigenvalue weighted by Gasteiger charge is -2.19. The normalized spacial score (nSPS) is 29.4. The van der Waals surface area contributed by atoms with E-state index in [0.29, 0.717) is 6.42 Å². The molecule has 1 aliphatic rings. The standard InChI is InChI=1S/C9H18O5S2/c1-2-15(11,12)6-3-4-9(10)5-7-16(13,14)8-9/h10H,2-8H2,1H3. The van der Waals surface area contributed by atoms with Gasteiger partial charge in [0.15, 0.2) is 9.84 Å². The fraction of sp³-hybridized carbons (Fsp3) is 1.00. The molecule has 0 amide bonds. The van der Waals surface area contributed by atoms with Gasteiger partial charge in [-0.3, -0.25) is 0 Å². The highest BCUT2D eigenvalue weighted by molar-refractivity contribution is 7.91. The van der Waals surface area contributed by atoms with Crippen molar-refractivity contribution in [3.8, 4) is 0 Å². The summed E-state index contributed by atoms with van der Waals surface area (Å²) in [6.07, 6.45) is 0.787. The lowest BCUT2D eigenvalue weighted by atomic mass is 9.98. The second-order valence-electron chi connectivity index (χ2n) is 4.41. The summed E-state index contributed by atoms with van der Waals surface area (Å²) in [4.78, 5) is 0. The third kappa shape index (κ3) is 4.03. The minimum atomic E-state index is -3.12. The monoisotopic (exact) mass is 270 g/mol. The van der Waals surface area contributed by atoms with Crippen LogP contribution in [0.4, 0.5) is 0 Å². The van der Waals surface area contributed by atoms with E-state index < -0.39 is 25.3 Å². The molecule has 1 unspecified atom stereocenters. The van der Waals surface area contributed by atoms with Crippen molar-refractivity contribution in [2.75, 3.05) is 23.0 Å². The minimum absolute atomic E-state index is 0.00400. The van der Waals surface area contributed by atoms with Gasteiger partial charge >= 0.3 is 0 Å². The second-order valence-corrected chi connectivity index (χ2v) is 9.06. The molecule has 1 saturated heterocycles. The van der Waals surface area contributed by atoms with Crippen molar-refractivity contribution >= 4 is 19.7 Å². The summed E-state index contributed by atoms with van der Waals surface area (Å²) in [5, 5.41) is 9.92. The highest BCUT2D eigenvalue weighted by Gasteiger charge is 2.40. The molecule has 1 rings (SSSR count). The van der Waals surface area contributed by atoms with Crippen LogP contribution in [0.2, 0.25) is 0 Å². The van der Waals surface area contributed by atoms with E-state index in [1.54, 1.807) is 6.92 Å². The Morgan fingerprint density at radius 2 is 2.00 bits per heavy atom. The van der Waals surface area contributed by atoms with E-state index >= 15 is 0 Å². The molecular formula is C9H18O5S2. The van der Waals surface area contributed by atoms with E-state index in [-0.39, 0.29) is 35.9 Å². The van der Waals surface area contributed by atoms with Crippen molar-refractivity contribution in [1.82, 2.24) is 0 Å². The zero-order valence-corrected chi connectivity index (χ0v) is 11.0. The smallest absolute Gasteiger partial charge is 0.153 e. The van der Waals surface area contributed by atoms with Gasteiger partial charge < -0.3 is 5.11 Å². The topological polar surface area (TPSA) is 88.5 Å². The van der Waals surface area contributed by atoms with Gasteiger partial charge in [-0.2, -0.15) is 0 Å². The van der Waals surface area contributed by atoms with Crippen LogP contribution in [-0.2, 0) is 19.7 Å². The van der Waals surface area contributed by atoms with E-state index in [4.69, 9.17) is 0 Å². The van der Waals surface area contributed by atoms with Crippen LogP contribution in [0.25, 0.3) is 0 Å². The molecule has 1 atom stereocenters. The van der Waals surface area contributed by atoms with Crippen LogP contribution >= 0.6 is 0 Å². The Balaban J connectivity index is 2.45. The maximum atomic E-state index is 11.2. The molecule has 16 heavy (non-hydrogen) atoms. The van der Waals surface area contributed by atoms with E-state index in [0.717, 1.165) is 0 Å². The van der Waals surface area contributed by atoms with Crippen LogP contribution in [0.3, 0.4) is 0 Å². The number of aliphatic hydroxyl groups is 1. The summed E-state index contributed by atoms with van der Waals surface area (Å²) in [6, 6.07) is 0. The molecular weight excluding hydrogens is 252 g/mol. The number of rotatable bonds is 5. The Kier molecular flexibility index (Phi) is 4.02. The van der Waals surface area contributed by atoms with Crippen molar-refractivity contribution in [3.63, 3.8) is 0 Å². The van der Waals surface area contributed by atoms with Gasteiger partial charge in [-0.05, 0) is 19.3 Å². The summed E-state index contributed by atoms with van der Waals surface area (Å²) in [5.41, 5.74) is -1.21. The van der Waals surface area contributed by atoms with Crippen LogP contribution in [-0.4, -0.2) is 50.6 Å². The molecule has 0 aromatic heterocycles. The van der Waals surface area contributed by atoms with Gasteiger partial charge in [0.1, 0.15) is 9.84 Å². The van der Waals surface area contributed by atoms with E-state index in [9.17, 15) is 21.9 Å². The zero-order chi connectivity index (χ0) is 12.4. The first kappa shape index (κ1) is 13.9. The second kappa shape index (κ2) is 4.62. The highest BCUT2D eigenvalue weighted by Crippen LogP contribution is 2.27. The molecule has 96 valence electrons. The first-order valence-electron chi connectivity index (χ1n) is 5.31. The van der Waals surface area contributed by atoms with E-state index in [1.807, 2.05) is 0 Å². The first-order valence-corrected chi connectivity index (χ1v) is 8.96. The summed E-state index contributed by atoms with van der Waals surface area (Å²) in [7, 11) is -6.15. The van der Waals surface area contributed by atoms with Crippen molar-refractivity contribution in [1.29, 1.82) is 0 Å². The Hall–Kier alpha value is -0.140. The fourth-order valence-electron chi connectivity index (χ4n) is 1.86. The Bertz CT molecular complexity index is 437. The quantitative estimate of drug-likeness (QED) is 0.744. The molecule has 0 saturated carbocycles. The molecule has 1 heterocycles. The number of sulfone groups is 2. The fourth-order valence-corrected chi connectivity index (χ4v) is 4.68. The summed E-state index contributed by atoms with van der Waals surface area (Å²) >= 11 is 0. The lowest BCUT2D eigenvalue weighted by Crippen LogP contribution is -2.30. The molecule has 1 N–H and O–H groups in total. The van der Waals surface area contributed by atoms with Crippen LogP contribution in [0.5, 0.6) is 0 Å². The molecule has 1 fully saturated rings. The average Bonchev–Trinajstić information content (AvgIpc) is 2.41. The third-order valence-corrected chi connectivity index (χ3v) is 6.50. The largest absolute Gasteiger partial charge is 0.389 e. The molecule has 0 radical (unpaired) electrons. The van der Waals surface area contributed by atoms with Crippen molar-refractivity contribution in [2.45, 2.75) is 31.8 Å². The summed E-state index contributed by atoms with van der Waals surface area (Å²) in [5.74, 6) is -0.119. The van der Waals surface area contributed by atoms with Crippen molar-refractivity contribution in [2.24, 2.45) is 0 Å². The van der Waals surface area contributed by atoms with Gasteiger partial charge in [0.05, 0.1) is 22.9 Å². The van der Waals surface area contributed by atoms with E-state index in [1.165, 1.54) is 0 Å².